The molecule has 1 aliphatic heterocycles. The van der Waals surface area contributed by atoms with Gasteiger partial charge in [-0.25, -0.2) is 0 Å². The molecule has 80 valence electrons. The fourth-order valence-corrected chi connectivity index (χ4v) is 1.09. The van der Waals surface area contributed by atoms with E-state index in [1.54, 1.807) is 0 Å². The van der Waals surface area contributed by atoms with Crippen molar-refractivity contribution in [2.75, 3.05) is 13.2 Å². The van der Waals surface area contributed by atoms with Crippen LogP contribution in [0.5, 0.6) is 0 Å². The smallest absolute Gasteiger partial charge is 0.306 e. The molecule has 1 aliphatic rings. The number of carboxylic acid groups (broad SMARTS) is 1. The molecule has 1 rings (SSSR count). The van der Waals surface area contributed by atoms with E-state index in [0.29, 0.717) is 0 Å². The van der Waals surface area contributed by atoms with Gasteiger partial charge in [0.25, 0.3) is 0 Å². The predicted octanol–water partition coefficient (Wildman–Crippen LogP) is -0.234. The summed E-state index contributed by atoms with van der Waals surface area (Å²) in [5.41, 5.74) is 0. The third-order valence-corrected chi connectivity index (χ3v) is 1.64. The van der Waals surface area contributed by atoms with Crippen LogP contribution in [-0.4, -0.2) is 42.7 Å². The van der Waals surface area contributed by atoms with Gasteiger partial charge in [-0.3, -0.25) is 9.59 Å². The Bertz CT molecular complexity index is 194. The van der Waals surface area contributed by atoms with Crippen LogP contribution in [0.2, 0.25) is 0 Å². The van der Waals surface area contributed by atoms with Gasteiger partial charge in [-0.2, -0.15) is 0 Å². The molecule has 2 atom stereocenters. The normalized spacial score (nSPS) is 26.9. The highest BCUT2D eigenvalue weighted by Gasteiger charge is 2.25. The highest BCUT2D eigenvalue weighted by atomic mass is 16.7. The van der Waals surface area contributed by atoms with Crippen LogP contribution in [0, 0.1) is 0 Å². The number of rotatable bonds is 3. The first-order valence-corrected chi connectivity index (χ1v) is 4.20. The lowest BCUT2D eigenvalue weighted by Crippen LogP contribution is -2.38. The Morgan fingerprint density at radius 2 is 2.14 bits per heavy atom. The van der Waals surface area contributed by atoms with Crippen molar-refractivity contribution in [3.8, 4) is 0 Å². The maximum absolute atomic E-state index is 10.5. The average molecular weight is 204 g/mol. The van der Waals surface area contributed by atoms with E-state index in [9.17, 15) is 9.59 Å². The molecule has 0 aliphatic carbocycles. The molecular weight excluding hydrogens is 192 g/mol. The van der Waals surface area contributed by atoms with E-state index in [4.69, 9.17) is 19.3 Å². The van der Waals surface area contributed by atoms with Crippen LogP contribution in [-0.2, 0) is 23.8 Å². The van der Waals surface area contributed by atoms with Crippen molar-refractivity contribution >= 4 is 11.9 Å². The van der Waals surface area contributed by atoms with Gasteiger partial charge in [-0.15, -0.1) is 0 Å². The monoisotopic (exact) mass is 204 g/mol. The second-order valence-electron chi connectivity index (χ2n) is 2.93. The number of carbonyl (C=O) groups is 2. The van der Waals surface area contributed by atoms with Crippen molar-refractivity contribution in [3.05, 3.63) is 0 Å². The maximum Gasteiger partial charge on any atom is 0.306 e. The first kappa shape index (κ1) is 10.9. The molecule has 0 radical (unpaired) electrons. The van der Waals surface area contributed by atoms with Crippen LogP contribution in [0.4, 0.5) is 0 Å². The molecule has 0 unspecified atom stereocenters. The van der Waals surface area contributed by atoms with Gasteiger partial charge in [0, 0.05) is 6.92 Å². The standard InChI is InChI=1S/C8H12O6/c1-5(9)14-8-4-12-6(3-13-8)2-7(10)11/h6,8H,2-4H2,1H3,(H,10,11)/t6-,8+/m0/s1. The minimum atomic E-state index is -0.940. The molecular formula is C8H12O6. The zero-order valence-electron chi connectivity index (χ0n) is 7.76. The number of hydrogen-bond acceptors (Lipinski definition) is 5. The average Bonchev–Trinajstić information content (AvgIpc) is 2.06. The van der Waals surface area contributed by atoms with E-state index < -0.39 is 24.3 Å². The topological polar surface area (TPSA) is 82.1 Å². The van der Waals surface area contributed by atoms with Gasteiger partial charge in [0.05, 0.1) is 19.1 Å². The fraction of sp³-hybridized carbons (Fsp3) is 0.750. The molecule has 0 aromatic carbocycles. The van der Waals surface area contributed by atoms with E-state index in [1.165, 1.54) is 6.92 Å². The van der Waals surface area contributed by atoms with Crippen molar-refractivity contribution in [2.45, 2.75) is 25.7 Å². The largest absolute Gasteiger partial charge is 0.481 e. The summed E-state index contributed by atoms with van der Waals surface area (Å²) in [6, 6.07) is 0. The summed E-state index contributed by atoms with van der Waals surface area (Å²) in [7, 11) is 0. The van der Waals surface area contributed by atoms with Crippen LogP contribution in [0.25, 0.3) is 0 Å². The minimum Gasteiger partial charge on any atom is -0.481 e. The molecule has 1 fully saturated rings. The van der Waals surface area contributed by atoms with Gasteiger partial charge in [0.1, 0.15) is 6.61 Å². The third kappa shape index (κ3) is 3.71. The van der Waals surface area contributed by atoms with Gasteiger partial charge >= 0.3 is 11.9 Å². The summed E-state index contributed by atoms with van der Waals surface area (Å²) < 4.78 is 14.9. The van der Waals surface area contributed by atoms with Crippen molar-refractivity contribution in [1.29, 1.82) is 0 Å². The number of esters is 1. The first-order chi connectivity index (χ1) is 6.58. The summed E-state index contributed by atoms with van der Waals surface area (Å²) in [5.74, 6) is -1.39. The van der Waals surface area contributed by atoms with Crippen LogP contribution in [0.3, 0.4) is 0 Å². The van der Waals surface area contributed by atoms with Gasteiger partial charge in [-0.05, 0) is 0 Å². The van der Waals surface area contributed by atoms with E-state index in [0.717, 1.165) is 0 Å². The fourth-order valence-electron chi connectivity index (χ4n) is 1.09. The van der Waals surface area contributed by atoms with Crippen molar-refractivity contribution in [3.63, 3.8) is 0 Å². The highest BCUT2D eigenvalue weighted by molar-refractivity contribution is 5.67. The summed E-state index contributed by atoms with van der Waals surface area (Å²) in [6.07, 6.45) is -1.27. The Morgan fingerprint density at radius 3 is 2.57 bits per heavy atom. The van der Waals surface area contributed by atoms with Gasteiger partial charge in [-0.1, -0.05) is 0 Å². The molecule has 0 aromatic rings. The summed E-state index contributed by atoms with van der Waals surface area (Å²) in [4.78, 5) is 20.8. The van der Waals surface area contributed by atoms with Gasteiger partial charge < -0.3 is 19.3 Å². The Kier molecular flexibility index (Phi) is 3.84. The molecule has 6 nitrogen and oxygen atoms in total. The van der Waals surface area contributed by atoms with Crippen molar-refractivity contribution in [2.24, 2.45) is 0 Å². The van der Waals surface area contributed by atoms with E-state index in [-0.39, 0.29) is 19.6 Å². The predicted molar refractivity (Wildman–Crippen MR) is 43.5 cm³/mol. The molecule has 0 aromatic heterocycles. The van der Waals surface area contributed by atoms with Crippen LogP contribution in [0.15, 0.2) is 0 Å². The number of carbonyl (C=O) groups excluding carboxylic acids is 1. The minimum absolute atomic E-state index is 0.0809. The summed E-state index contributed by atoms with van der Waals surface area (Å²) in [5, 5.41) is 8.46. The highest BCUT2D eigenvalue weighted by Crippen LogP contribution is 2.11. The second kappa shape index (κ2) is 4.92. The zero-order valence-corrected chi connectivity index (χ0v) is 7.76. The van der Waals surface area contributed by atoms with E-state index in [2.05, 4.69) is 0 Å². The number of ether oxygens (including phenoxy) is 3. The number of hydrogen-bond donors (Lipinski definition) is 1. The summed E-state index contributed by atoms with van der Waals surface area (Å²) >= 11 is 0. The molecule has 0 spiro atoms. The number of carboxylic acids is 1. The SMILES string of the molecule is CC(=O)O[C@@H]1CO[C@@H](CC(=O)O)CO1. The lowest BCUT2D eigenvalue weighted by Gasteiger charge is -2.27. The van der Waals surface area contributed by atoms with Crippen LogP contribution in [0.1, 0.15) is 13.3 Å². The van der Waals surface area contributed by atoms with Crippen LogP contribution >= 0.6 is 0 Å². The molecule has 14 heavy (non-hydrogen) atoms. The molecule has 6 heteroatoms. The van der Waals surface area contributed by atoms with Gasteiger partial charge in [0.15, 0.2) is 0 Å². The number of aliphatic carboxylic acids is 1. The molecule has 0 amide bonds. The third-order valence-electron chi connectivity index (χ3n) is 1.64. The Balaban J connectivity index is 2.24. The maximum atomic E-state index is 10.5. The lowest BCUT2D eigenvalue weighted by molar-refractivity contribution is -0.231. The molecule has 1 N–H and O–H groups in total. The molecule has 0 bridgehead atoms. The van der Waals surface area contributed by atoms with Crippen molar-refractivity contribution in [1.82, 2.24) is 0 Å². The van der Waals surface area contributed by atoms with E-state index >= 15 is 0 Å². The van der Waals surface area contributed by atoms with Gasteiger partial charge in [0.2, 0.25) is 6.29 Å². The van der Waals surface area contributed by atoms with Crippen molar-refractivity contribution < 1.29 is 28.9 Å². The Labute approximate surface area is 80.7 Å². The molecule has 1 saturated heterocycles. The Hall–Kier alpha value is -1.14. The van der Waals surface area contributed by atoms with E-state index in [1.807, 2.05) is 0 Å². The zero-order chi connectivity index (χ0) is 10.6. The Morgan fingerprint density at radius 1 is 1.43 bits per heavy atom. The quantitative estimate of drug-likeness (QED) is 0.639. The second-order valence-corrected chi connectivity index (χ2v) is 2.93. The lowest BCUT2D eigenvalue weighted by atomic mass is 10.2. The molecule has 1 heterocycles. The first-order valence-electron chi connectivity index (χ1n) is 4.20. The summed E-state index contributed by atoms with van der Waals surface area (Å²) in [6.45, 7) is 1.48. The molecule has 0 saturated carbocycles. The van der Waals surface area contributed by atoms with Crippen LogP contribution < -0.4 is 0 Å².